The van der Waals surface area contributed by atoms with Crippen molar-refractivity contribution in [2.45, 2.75) is 39.5 Å². The third-order valence-electron chi connectivity index (χ3n) is 0.908. The number of carbonyl (C=O) groups excluding carboxylic acids is 2. The van der Waals surface area contributed by atoms with E-state index in [1.807, 2.05) is 0 Å². The minimum Gasteiger partial charge on any atom is -1.00 e. The molecule has 0 heterocycles. The minimum absolute atomic E-state index is 0. The Hall–Kier alpha value is 0.100. The van der Waals surface area contributed by atoms with Gasteiger partial charge in [0, 0.05) is 11.9 Å². The van der Waals surface area contributed by atoms with Crippen LogP contribution in [0.4, 0.5) is 0 Å². The molecule has 0 aliphatic carbocycles. The van der Waals surface area contributed by atoms with Crippen LogP contribution in [-0.4, -0.2) is 37.8 Å². The molecular weight excluding hydrogens is 310 g/mol. The minimum atomic E-state index is -0.961. The first-order valence-electron chi connectivity index (χ1n) is 3.94. The molecule has 0 fully saturated rings. The smallest absolute Gasteiger partial charge is 1.00 e. The van der Waals surface area contributed by atoms with Gasteiger partial charge in [-0.1, -0.05) is 26.7 Å². The Bertz CT molecular complexity index is 125. The Labute approximate surface area is 109 Å². The number of carbonyl (C=O) groups is 2. The zero-order valence-electron chi connectivity index (χ0n) is 8.42. The van der Waals surface area contributed by atoms with E-state index in [9.17, 15) is 19.8 Å². The van der Waals surface area contributed by atoms with Gasteiger partial charge in [0.05, 0.1) is 0 Å². The van der Waals surface area contributed by atoms with Gasteiger partial charge in [-0.05, 0) is 12.8 Å². The van der Waals surface area contributed by atoms with Crippen molar-refractivity contribution in [2.75, 3.05) is 0 Å². The largest absolute Gasteiger partial charge is 3.00 e. The van der Waals surface area contributed by atoms with E-state index in [2.05, 4.69) is 0 Å². The average Bonchev–Trinajstić information content (AvgIpc) is 1.87. The van der Waals surface area contributed by atoms with Crippen LogP contribution in [0.5, 0.6) is 0 Å². The number of aliphatic carboxylic acids is 2. The molecule has 0 bridgehead atoms. The van der Waals surface area contributed by atoms with Gasteiger partial charge >= 0.3 is 25.8 Å². The number of hydrogen-bond acceptors (Lipinski definition) is 4. The molecule has 0 aromatic carbocycles. The van der Waals surface area contributed by atoms with E-state index < -0.39 is 11.9 Å². The fourth-order valence-electron chi connectivity index (χ4n) is 0.408. The van der Waals surface area contributed by atoms with Gasteiger partial charge in [0.2, 0.25) is 0 Å². The summed E-state index contributed by atoms with van der Waals surface area (Å²) in [5, 5.41) is 19.0. The van der Waals surface area contributed by atoms with Crippen LogP contribution in [0.3, 0.4) is 0 Å². The molecule has 4 nitrogen and oxygen atoms in total. The average molecular weight is 324 g/mol. The SMILES string of the molecule is CCCC(=O)[O-].CCCC(=O)[O-].[Cl-].[In+3]. The van der Waals surface area contributed by atoms with Crippen LogP contribution >= 0.6 is 0 Å². The number of carboxylic acid groups (broad SMARTS) is 2. The van der Waals surface area contributed by atoms with Crippen LogP contribution in [0.15, 0.2) is 0 Å². The Balaban J connectivity index is -0.0000000625. The molecular formula is C8H14ClInO4. The van der Waals surface area contributed by atoms with E-state index >= 15 is 0 Å². The molecule has 0 aromatic heterocycles. The second-order valence-corrected chi connectivity index (χ2v) is 2.24. The molecule has 0 saturated heterocycles. The Morgan fingerprint density at radius 2 is 1.14 bits per heavy atom. The van der Waals surface area contributed by atoms with Gasteiger partial charge in [-0.3, -0.25) is 0 Å². The normalized spacial score (nSPS) is 7.00. The molecule has 0 aliphatic rings. The zero-order valence-corrected chi connectivity index (χ0v) is 12.5. The van der Waals surface area contributed by atoms with E-state index in [1.165, 1.54) is 0 Å². The molecule has 0 saturated carbocycles. The molecule has 6 heteroatoms. The van der Waals surface area contributed by atoms with E-state index in [-0.39, 0.29) is 51.1 Å². The summed E-state index contributed by atoms with van der Waals surface area (Å²) < 4.78 is 0. The van der Waals surface area contributed by atoms with Crippen LogP contribution in [0.1, 0.15) is 39.5 Å². The maximum absolute atomic E-state index is 9.49. The fraction of sp³-hybridized carbons (Fsp3) is 0.750. The van der Waals surface area contributed by atoms with Gasteiger partial charge in [-0.15, -0.1) is 0 Å². The zero-order chi connectivity index (χ0) is 9.98. The predicted octanol–water partition coefficient (Wildman–Crippen LogP) is -4.30. The van der Waals surface area contributed by atoms with Crippen molar-refractivity contribution in [3.63, 3.8) is 0 Å². The van der Waals surface area contributed by atoms with Crippen LogP contribution in [0.25, 0.3) is 0 Å². The molecule has 0 spiro atoms. The Morgan fingerprint density at radius 1 is 0.929 bits per heavy atom. The van der Waals surface area contributed by atoms with Crippen molar-refractivity contribution in [3.8, 4) is 0 Å². The summed E-state index contributed by atoms with van der Waals surface area (Å²) in [6.45, 7) is 3.60. The molecule has 0 rings (SSSR count). The van der Waals surface area contributed by atoms with Crippen LogP contribution < -0.4 is 22.6 Å². The summed E-state index contributed by atoms with van der Waals surface area (Å²) in [7, 11) is 0. The monoisotopic (exact) mass is 324 g/mol. The van der Waals surface area contributed by atoms with Crippen LogP contribution in [0.2, 0.25) is 0 Å². The summed E-state index contributed by atoms with van der Waals surface area (Å²) in [5.74, 6) is -1.92. The van der Waals surface area contributed by atoms with Gasteiger partial charge in [-0.2, -0.15) is 0 Å². The van der Waals surface area contributed by atoms with Crippen LogP contribution in [0, 0.1) is 0 Å². The molecule has 0 atom stereocenters. The standard InChI is InChI=1S/2C4H8O2.ClH.In/c2*1-2-3-4(5)6;;/h2*2-3H2,1H3,(H,5,6);1H;/q;;;+3/p-3. The maximum atomic E-state index is 9.49. The molecule has 0 N–H and O–H groups in total. The molecule has 0 unspecified atom stereocenters. The van der Waals surface area contributed by atoms with E-state index in [0.717, 1.165) is 0 Å². The van der Waals surface area contributed by atoms with Gasteiger partial charge in [0.25, 0.3) is 0 Å². The number of rotatable bonds is 4. The van der Waals surface area contributed by atoms with Crippen molar-refractivity contribution in [1.82, 2.24) is 0 Å². The first kappa shape index (κ1) is 23.7. The summed E-state index contributed by atoms with van der Waals surface area (Å²) in [6.07, 6.45) is 1.70. The maximum Gasteiger partial charge on any atom is 3.00 e. The van der Waals surface area contributed by atoms with Crippen molar-refractivity contribution in [3.05, 3.63) is 0 Å². The fourth-order valence-corrected chi connectivity index (χ4v) is 0.408. The summed E-state index contributed by atoms with van der Waals surface area (Å²) in [4.78, 5) is 19.0. The third-order valence-corrected chi connectivity index (χ3v) is 0.908. The Morgan fingerprint density at radius 3 is 1.14 bits per heavy atom. The predicted molar refractivity (Wildman–Crippen MR) is 45.6 cm³/mol. The number of carboxylic acids is 2. The van der Waals surface area contributed by atoms with Gasteiger partial charge < -0.3 is 32.2 Å². The topological polar surface area (TPSA) is 80.3 Å². The van der Waals surface area contributed by atoms with Crippen LogP contribution in [-0.2, 0) is 9.59 Å². The summed E-state index contributed by atoms with van der Waals surface area (Å²) in [5.41, 5.74) is 0. The molecule has 0 radical (unpaired) electrons. The summed E-state index contributed by atoms with van der Waals surface area (Å²) in [6, 6.07) is 0. The second-order valence-electron chi connectivity index (χ2n) is 2.24. The van der Waals surface area contributed by atoms with E-state index in [0.29, 0.717) is 12.8 Å². The molecule has 14 heavy (non-hydrogen) atoms. The molecule has 0 amide bonds. The van der Waals surface area contributed by atoms with Gasteiger partial charge in [-0.25, -0.2) is 0 Å². The number of halogens is 1. The van der Waals surface area contributed by atoms with E-state index in [4.69, 9.17) is 0 Å². The quantitative estimate of drug-likeness (QED) is 0.524. The first-order chi connectivity index (χ1) is 5.54. The molecule has 0 aromatic rings. The molecule has 0 aliphatic heterocycles. The van der Waals surface area contributed by atoms with Crippen molar-refractivity contribution in [2.24, 2.45) is 0 Å². The van der Waals surface area contributed by atoms with Crippen molar-refractivity contribution < 1.29 is 32.2 Å². The second kappa shape index (κ2) is 18.8. The van der Waals surface area contributed by atoms with Crippen molar-refractivity contribution >= 4 is 37.8 Å². The number of hydrogen-bond donors (Lipinski definition) is 0. The first-order valence-corrected chi connectivity index (χ1v) is 3.94. The van der Waals surface area contributed by atoms with Gasteiger partial charge in [0.1, 0.15) is 0 Å². The molecule has 80 valence electrons. The van der Waals surface area contributed by atoms with E-state index in [1.54, 1.807) is 13.8 Å². The Kier molecular flexibility index (Phi) is 31.9. The summed E-state index contributed by atoms with van der Waals surface area (Å²) >= 11 is 0. The third kappa shape index (κ3) is 40.1. The van der Waals surface area contributed by atoms with Crippen molar-refractivity contribution in [1.29, 1.82) is 0 Å². The van der Waals surface area contributed by atoms with Gasteiger partial charge in [0.15, 0.2) is 0 Å².